The third-order valence-corrected chi connectivity index (χ3v) is 6.00. The Kier molecular flexibility index (Phi) is 4.51. The maximum atomic E-state index is 12.8. The van der Waals surface area contributed by atoms with E-state index in [9.17, 15) is 4.79 Å². The highest BCUT2D eigenvalue weighted by Gasteiger charge is 2.25. The lowest BCUT2D eigenvalue weighted by Crippen LogP contribution is -2.31. The zero-order valence-corrected chi connectivity index (χ0v) is 16.6. The average molecular weight is 387 g/mol. The van der Waals surface area contributed by atoms with Gasteiger partial charge in [-0.2, -0.15) is 0 Å². The number of H-pyrrole nitrogens is 1. The number of rotatable bonds is 5. The molecule has 2 heterocycles. The number of nitrogens with one attached hydrogen (secondary N) is 2. The molecule has 5 rings (SSSR count). The molecule has 0 spiro atoms. The number of ether oxygens (including phenoxy) is 1. The van der Waals surface area contributed by atoms with Crippen molar-refractivity contribution in [3.8, 4) is 5.75 Å². The largest absolute Gasteiger partial charge is 0.495 e. The van der Waals surface area contributed by atoms with Gasteiger partial charge in [-0.25, -0.2) is 0 Å². The Morgan fingerprint density at radius 3 is 3.00 bits per heavy atom. The zero-order chi connectivity index (χ0) is 19.8. The summed E-state index contributed by atoms with van der Waals surface area (Å²) in [6.07, 6.45) is 5.61. The van der Waals surface area contributed by atoms with Crippen LogP contribution in [-0.4, -0.2) is 22.6 Å². The second kappa shape index (κ2) is 7.32. The predicted octanol–water partition coefficient (Wildman–Crippen LogP) is 4.72. The maximum Gasteiger partial charge on any atom is 0.222 e. The molecule has 2 N–H and O–H groups in total. The Hall–Kier alpha value is -3.21. The smallest absolute Gasteiger partial charge is 0.222 e. The lowest BCUT2D eigenvalue weighted by atomic mass is 9.91. The van der Waals surface area contributed by atoms with E-state index in [1.165, 1.54) is 16.6 Å². The first-order valence-electron chi connectivity index (χ1n) is 10.3. The fourth-order valence-corrected chi connectivity index (χ4v) is 4.62. The molecule has 2 aromatic heterocycles. The maximum absolute atomic E-state index is 12.8. The Balaban J connectivity index is 1.31. The van der Waals surface area contributed by atoms with Crippen molar-refractivity contribution >= 4 is 27.7 Å². The Bertz CT molecular complexity index is 1190. The molecule has 5 heteroatoms. The third kappa shape index (κ3) is 3.16. The second-order valence-corrected chi connectivity index (χ2v) is 7.73. The van der Waals surface area contributed by atoms with Crippen molar-refractivity contribution in [2.45, 2.75) is 38.3 Å². The van der Waals surface area contributed by atoms with Gasteiger partial charge in [0.05, 0.1) is 18.7 Å². The molecule has 1 atom stereocenters. The van der Waals surface area contributed by atoms with Crippen LogP contribution in [0.2, 0.25) is 0 Å². The molecule has 0 unspecified atom stereocenters. The molecule has 1 amide bonds. The van der Waals surface area contributed by atoms with E-state index >= 15 is 0 Å². The summed E-state index contributed by atoms with van der Waals surface area (Å²) in [4.78, 5) is 16.3. The molecule has 0 bridgehead atoms. The quantitative estimate of drug-likeness (QED) is 0.521. The number of fused-ring (bicyclic) bond motifs is 4. The highest BCUT2D eigenvalue weighted by Crippen LogP contribution is 2.34. The number of aryl methyl sites for hydroxylation is 2. The van der Waals surface area contributed by atoms with Crippen molar-refractivity contribution < 1.29 is 9.53 Å². The SMILES string of the molecule is COc1cccc2ccn(CCC(=O)N[C@H]3CCCc4c3[nH]c3ccccc43)c12. The molecule has 5 nitrogen and oxygen atoms in total. The van der Waals surface area contributed by atoms with E-state index in [4.69, 9.17) is 4.74 Å². The number of amides is 1. The minimum atomic E-state index is 0.0644. The van der Waals surface area contributed by atoms with Gasteiger partial charge in [0.15, 0.2) is 0 Å². The van der Waals surface area contributed by atoms with Crippen molar-refractivity contribution in [1.29, 1.82) is 0 Å². The van der Waals surface area contributed by atoms with Crippen LogP contribution >= 0.6 is 0 Å². The van der Waals surface area contributed by atoms with Gasteiger partial charge in [0.2, 0.25) is 5.91 Å². The van der Waals surface area contributed by atoms with Crippen molar-refractivity contribution in [3.63, 3.8) is 0 Å². The standard InChI is InChI=1S/C24H25N3O2/c1-29-21-11-4-6-16-12-14-27(24(16)21)15-13-22(28)25-20-10-5-8-18-17-7-2-3-9-19(17)26-23(18)20/h2-4,6-7,9,11-12,14,20,26H,5,8,10,13,15H2,1H3,(H,25,28)/t20-/m0/s1. The number of methoxy groups -OCH3 is 1. The summed E-state index contributed by atoms with van der Waals surface area (Å²) in [7, 11) is 1.68. The molecule has 29 heavy (non-hydrogen) atoms. The van der Waals surface area contributed by atoms with Crippen LogP contribution in [0.4, 0.5) is 0 Å². The molecule has 4 aromatic rings. The van der Waals surface area contributed by atoms with Gasteiger partial charge in [0, 0.05) is 41.1 Å². The zero-order valence-electron chi connectivity index (χ0n) is 16.6. The molecule has 148 valence electrons. The van der Waals surface area contributed by atoms with E-state index in [2.05, 4.69) is 45.2 Å². The van der Waals surface area contributed by atoms with Crippen molar-refractivity contribution in [2.24, 2.45) is 0 Å². The summed E-state index contributed by atoms with van der Waals surface area (Å²) in [5.74, 6) is 0.918. The number of nitrogens with zero attached hydrogens (tertiary/aromatic N) is 1. The van der Waals surface area contributed by atoms with Crippen molar-refractivity contribution in [1.82, 2.24) is 14.9 Å². The van der Waals surface area contributed by atoms with Crippen LogP contribution in [0, 0.1) is 0 Å². The lowest BCUT2D eigenvalue weighted by molar-refractivity contribution is -0.122. The number of para-hydroxylation sites is 2. The molecule has 0 aliphatic heterocycles. The minimum absolute atomic E-state index is 0.0644. The van der Waals surface area contributed by atoms with Gasteiger partial charge in [0.1, 0.15) is 5.75 Å². The van der Waals surface area contributed by atoms with Gasteiger partial charge in [-0.1, -0.05) is 30.3 Å². The summed E-state index contributed by atoms with van der Waals surface area (Å²) in [6, 6.07) is 16.5. The number of carbonyl (C=O) groups is 1. The molecule has 2 aromatic carbocycles. The molecule has 1 aliphatic carbocycles. The van der Waals surface area contributed by atoms with Crippen LogP contribution in [0.5, 0.6) is 5.75 Å². The molecular formula is C24H25N3O2. The number of hydrogen-bond donors (Lipinski definition) is 2. The summed E-state index contributed by atoms with van der Waals surface area (Å²) in [5, 5.41) is 5.67. The second-order valence-electron chi connectivity index (χ2n) is 7.73. The topological polar surface area (TPSA) is 59.0 Å². The van der Waals surface area contributed by atoms with Crippen LogP contribution in [0.15, 0.2) is 54.7 Å². The summed E-state index contributed by atoms with van der Waals surface area (Å²) in [6.45, 7) is 0.627. The van der Waals surface area contributed by atoms with Crippen LogP contribution in [0.1, 0.15) is 36.6 Å². The molecule has 0 fully saturated rings. The number of aromatic nitrogens is 2. The minimum Gasteiger partial charge on any atom is -0.495 e. The molecule has 0 saturated carbocycles. The highest BCUT2D eigenvalue weighted by atomic mass is 16.5. The van der Waals surface area contributed by atoms with E-state index in [-0.39, 0.29) is 11.9 Å². The van der Waals surface area contributed by atoms with Gasteiger partial charge in [-0.15, -0.1) is 0 Å². The van der Waals surface area contributed by atoms with E-state index in [1.807, 2.05) is 24.4 Å². The van der Waals surface area contributed by atoms with E-state index < -0.39 is 0 Å². The first kappa shape index (κ1) is 17.9. The van der Waals surface area contributed by atoms with Crippen LogP contribution in [0.3, 0.4) is 0 Å². The Labute approximate surface area is 169 Å². The fraction of sp³-hybridized carbons (Fsp3) is 0.292. The molecule has 1 aliphatic rings. The third-order valence-electron chi connectivity index (χ3n) is 6.00. The van der Waals surface area contributed by atoms with Crippen LogP contribution in [-0.2, 0) is 17.8 Å². The van der Waals surface area contributed by atoms with Crippen LogP contribution in [0.25, 0.3) is 21.8 Å². The van der Waals surface area contributed by atoms with Gasteiger partial charge in [-0.05, 0) is 43.0 Å². The molecular weight excluding hydrogens is 362 g/mol. The summed E-state index contributed by atoms with van der Waals surface area (Å²) < 4.78 is 7.60. The number of hydrogen-bond acceptors (Lipinski definition) is 2. The van der Waals surface area contributed by atoms with E-state index in [0.717, 1.165) is 41.4 Å². The van der Waals surface area contributed by atoms with Gasteiger partial charge in [-0.3, -0.25) is 4.79 Å². The van der Waals surface area contributed by atoms with E-state index in [1.54, 1.807) is 7.11 Å². The summed E-state index contributed by atoms with van der Waals surface area (Å²) in [5.41, 5.74) is 4.74. The van der Waals surface area contributed by atoms with Gasteiger partial charge < -0.3 is 19.6 Å². The predicted molar refractivity (Wildman–Crippen MR) is 115 cm³/mol. The van der Waals surface area contributed by atoms with E-state index in [0.29, 0.717) is 13.0 Å². The average Bonchev–Trinajstić information content (AvgIpc) is 3.34. The van der Waals surface area contributed by atoms with Gasteiger partial charge >= 0.3 is 0 Å². The normalized spacial score (nSPS) is 16.1. The van der Waals surface area contributed by atoms with Gasteiger partial charge in [0.25, 0.3) is 0 Å². The van der Waals surface area contributed by atoms with Crippen molar-refractivity contribution in [3.05, 3.63) is 66.0 Å². The molecule has 0 saturated heterocycles. The summed E-state index contributed by atoms with van der Waals surface area (Å²) >= 11 is 0. The number of benzene rings is 2. The van der Waals surface area contributed by atoms with Crippen molar-refractivity contribution in [2.75, 3.05) is 7.11 Å². The first-order valence-corrected chi connectivity index (χ1v) is 10.3. The highest BCUT2D eigenvalue weighted by molar-refractivity contribution is 5.87. The fourth-order valence-electron chi connectivity index (χ4n) is 4.62. The van der Waals surface area contributed by atoms with Crippen LogP contribution < -0.4 is 10.1 Å². The number of aromatic amines is 1. The number of carbonyl (C=O) groups excluding carboxylic acids is 1. The molecule has 0 radical (unpaired) electrons. The lowest BCUT2D eigenvalue weighted by Gasteiger charge is -2.24. The monoisotopic (exact) mass is 387 g/mol. The Morgan fingerprint density at radius 1 is 1.21 bits per heavy atom. The Morgan fingerprint density at radius 2 is 2.10 bits per heavy atom. The first-order chi connectivity index (χ1) is 14.2.